The molecule has 1 N–H and O–H groups in total. The van der Waals surface area contributed by atoms with Gasteiger partial charge in [-0.2, -0.15) is 21.6 Å². The summed E-state index contributed by atoms with van der Waals surface area (Å²) in [5.74, 6) is 0.417. The molecule has 5 nitrogen and oxygen atoms in total. The maximum Gasteiger partial charge on any atom is 0.516 e. The zero-order valence-electron chi connectivity index (χ0n) is 11.8. The Kier molecular flexibility index (Phi) is 4.69. The van der Waals surface area contributed by atoms with Crippen molar-refractivity contribution in [3.63, 3.8) is 0 Å². The lowest BCUT2D eigenvalue weighted by Crippen LogP contribution is -2.30. The first kappa shape index (κ1) is 16.9. The summed E-state index contributed by atoms with van der Waals surface area (Å²) >= 11 is 0. The van der Waals surface area contributed by atoms with Crippen molar-refractivity contribution >= 4 is 15.7 Å². The molecule has 0 aliphatic heterocycles. The van der Waals surface area contributed by atoms with Gasteiger partial charge >= 0.3 is 15.5 Å². The van der Waals surface area contributed by atoms with E-state index in [0.29, 0.717) is 5.75 Å². The zero-order valence-corrected chi connectivity index (χ0v) is 12.6. The third-order valence-corrected chi connectivity index (χ3v) is 3.80. The van der Waals surface area contributed by atoms with Gasteiger partial charge in [0.1, 0.15) is 11.5 Å². The van der Waals surface area contributed by atoms with Gasteiger partial charge in [0.2, 0.25) is 0 Å². The molecule has 2 aromatic rings. The molecule has 0 heterocycles. The minimum Gasteiger partial charge on any atom is -0.497 e. The molecule has 0 aromatic heterocycles. The predicted octanol–water partition coefficient (Wildman–Crippen LogP) is 3.75. The molecule has 0 radical (unpaired) electrons. The van der Waals surface area contributed by atoms with Gasteiger partial charge in [0.05, 0.1) is 12.8 Å². The molecule has 124 valence electrons. The lowest BCUT2D eigenvalue weighted by atomic mass is 10.2. The summed E-state index contributed by atoms with van der Waals surface area (Å²) in [7, 11) is -4.28. The van der Waals surface area contributed by atoms with Crippen LogP contribution in [0.5, 0.6) is 17.2 Å². The van der Waals surface area contributed by atoms with Crippen molar-refractivity contribution in [2.24, 2.45) is 0 Å². The van der Waals surface area contributed by atoms with Crippen molar-refractivity contribution in [3.8, 4) is 17.2 Å². The number of anilines is 1. The largest absolute Gasteiger partial charge is 0.516 e. The van der Waals surface area contributed by atoms with Gasteiger partial charge in [-0.15, -0.1) is 0 Å². The van der Waals surface area contributed by atoms with Gasteiger partial charge < -0.3 is 9.47 Å². The second-order valence-corrected chi connectivity index (χ2v) is 6.00. The third kappa shape index (κ3) is 4.07. The summed E-state index contributed by atoms with van der Waals surface area (Å²) in [6, 6.07) is 12.1. The fourth-order valence-electron chi connectivity index (χ4n) is 1.62. The molecule has 0 aliphatic carbocycles. The molecule has 0 fully saturated rings. The maximum absolute atomic E-state index is 12.5. The second kappa shape index (κ2) is 6.37. The highest BCUT2D eigenvalue weighted by Gasteiger charge is 2.46. The van der Waals surface area contributed by atoms with Crippen molar-refractivity contribution in [3.05, 3.63) is 48.5 Å². The Hall–Kier alpha value is -2.42. The first-order valence-electron chi connectivity index (χ1n) is 6.23. The van der Waals surface area contributed by atoms with Crippen LogP contribution in [0.15, 0.2) is 48.5 Å². The van der Waals surface area contributed by atoms with Crippen LogP contribution in [0.4, 0.5) is 18.9 Å². The first-order valence-corrected chi connectivity index (χ1v) is 7.71. The van der Waals surface area contributed by atoms with Crippen LogP contribution >= 0.6 is 0 Å². The number of hydrogen-bond acceptors (Lipinski definition) is 4. The molecule has 9 heteroatoms. The number of hydrogen-bond donors (Lipinski definition) is 1. The molecule has 23 heavy (non-hydrogen) atoms. The van der Waals surface area contributed by atoms with E-state index in [1.54, 1.807) is 30.3 Å². The Balaban J connectivity index is 2.40. The summed E-state index contributed by atoms with van der Waals surface area (Å²) in [6.45, 7) is 0. The summed E-state index contributed by atoms with van der Waals surface area (Å²) in [5, 5.41) is 0. The number of rotatable bonds is 5. The molecule has 0 aliphatic rings. The van der Waals surface area contributed by atoms with Crippen LogP contribution in [0.3, 0.4) is 0 Å². The van der Waals surface area contributed by atoms with Gasteiger partial charge in [0, 0.05) is 6.07 Å². The zero-order chi connectivity index (χ0) is 17.1. The smallest absolute Gasteiger partial charge is 0.497 e. The van der Waals surface area contributed by atoms with Gasteiger partial charge in [0.25, 0.3) is 0 Å². The standard InChI is InChI=1S/C14H12F3NO4S/c1-21-11-7-8-13(22-10-5-3-2-4-6-10)12(9-11)18-23(19,20)14(15,16)17/h2-9,18H,1H3. The topological polar surface area (TPSA) is 64.6 Å². The Morgan fingerprint density at radius 3 is 2.22 bits per heavy atom. The van der Waals surface area contributed by atoms with Crippen LogP contribution in [-0.2, 0) is 10.0 Å². The number of sulfonamides is 1. The molecule has 0 atom stereocenters. The van der Waals surface area contributed by atoms with E-state index in [4.69, 9.17) is 9.47 Å². The van der Waals surface area contributed by atoms with E-state index >= 15 is 0 Å². The minimum atomic E-state index is -5.58. The number of halogens is 3. The minimum absolute atomic E-state index is 0.0928. The molecular weight excluding hydrogens is 335 g/mol. The maximum atomic E-state index is 12.5. The average molecular weight is 347 g/mol. The Morgan fingerprint density at radius 1 is 1.00 bits per heavy atom. The van der Waals surface area contributed by atoms with Crippen LogP contribution in [0.1, 0.15) is 0 Å². The van der Waals surface area contributed by atoms with Crippen LogP contribution in [0, 0.1) is 0 Å². The Bertz CT molecular complexity index is 776. The van der Waals surface area contributed by atoms with Gasteiger partial charge in [-0.3, -0.25) is 4.72 Å². The van der Waals surface area contributed by atoms with E-state index in [0.717, 1.165) is 6.07 Å². The second-order valence-electron chi connectivity index (χ2n) is 4.33. The number of ether oxygens (including phenoxy) is 2. The first-order chi connectivity index (χ1) is 10.7. The highest BCUT2D eigenvalue weighted by molar-refractivity contribution is 7.93. The molecule has 0 amide bonds. The molecule has 2 rings (SSSR count). The van der Waals surface area contributed by atoms with E-state index in [1.807, 2.05) is 0 Å². The third-order valence-electron chi connectivity index (χ3n) is 2.71. The fourth-order valence-corrected chi connectivity index (χ4v) is 2.19. The van der Waals surface area contributed by atoms with Crippen LogP contribution in [0.25, 0.3) is 0 Å². The monoisotopic (exact) mass is 347 g/mol. The van der Waals surface area contributed by atoms with Gasteiger partial charge in [-0.25, -0.2) is 0 Å². The molecule has 0 unspecified atom stereocenters. The SMILES string of the molecule is COc1ccc(Oc2ccccc2)c(NS(=O)(=O)C(F)(F)F)c1. The van der Waals surface area contributed by atoms with Crippen LogP contribution < -0.4 is 14.2 Å². The number of para-hydroxylation sites is 1. The van der Waals surface area contributed by atoms with Gasteiger partial charge in [-0.1, -0.05) is 18.2 Å². The van der Waals surface area contributed by atoms with Crippen molar-refractivity contribution in [1.82, 2.24) is 0 Å². The summed E-state index contributed by atoms with van der Waals surface area (Å²) in [5.41, 5.74) is -5.83. The lowest BCUT2D eigenvalue weighted by molar-refractivity contribution is -0.0429. The molecular formula is C14H12F3NO4S. The number of alkyl halides is 3. The van der Waals surface area contributed by atoms with Gasteiger partial charge in [-0.05, 0) is 24.3 Å². The van der Waals surface area contributed by atoms with Crippen LogP contribution in [-0.4, -0.2) is 21.0 Å². The highest BCUT2D eigenvalue weighted by atomic mass is 32.2. The van der Waals surface area contributed by atoms with E-state index in [9.17, 15) is 21.6 Å². The number of nitrogens with one attached hydrogen (secondary N) is 1. The van der Waals surface area contributed by atoms with E-state index in [2.05, 4.69) is 0 Å². The van der Waals surface area contributed by atoms with E-state index in [-0.39, 0.29) is 17.2 Å². The Morgan fingerprint density at radius 2 is 1.65 bits per heavy atom. The Labute approximate surface area is 130 Å². The predicted molar refractivity (Wildman–Crippen MR) is 78.1 cm³/mol. The average Bonchev–Trinajstić information content (AvgIpc) is 2.48. The van der Waals surface area contributed by atoms with E-state index in [1.165, 1.54) is 24.0 Å². The highest BCUT2D eigenvalue weighted by Crippen LogP contribution is 2.35. The van der Waals surface area contributed by atoms with Crippen molar-refractivity contribution in [2.75, 3.05) is 11.8 Å². The number of benzene rings is 2. The normalized spacial score (nSPS) is 11.8. The van der Waals surface area contributed by atoms with Gasteiger partial charge in [0.15, 0.2) is 5.75 Å². The number of methoxy groups -OCH3 is 1. The molecule has 0 bridgehead atoms. The quantitative estimate of drug-likeness (QED) is 0.895. The fraction of sp³-hybridized carbons (Fsp3) is 0.143. The molecule has 0 saturated heterocycles. The van der Waals surface area contributed by atoms with E-state index < -0.39 is 15.5 Å². The lowest BCUT2D eigenvalue weighted by Gasteiger charge is -2.15. The molecule has 0 saturated carbocycles. The van der Waals surface area contributed by atoms with Crippen molar-refractivity contribution in [2.45, 2.75) is 5.51 Å². The van der Waals surface area contributed by atoms with Crippen molar-refractivity contribution < 1.29 is 31.1 Å². The summed E-state index contributed by atoms with van der Waals surface area (Å²) < 4.78 is 72.0. The summed E-state index contributed by atoms with van der Waals surface area (Å²) in [4.78, 5) is 0. The van der Waals surface area contributed by atoms with Crippen molar-refractivity contribution in [1.29, 1.82) is 0 Å². The molecule has 0 spiro atoms. The van der Waals surface area contributed by atoms with Crippen LogP contribution in [0.2, 0.25) is 0 Å². The summed E-state index contributed by atoms with van der Waals surface area (Å²) in [6.07, 6.45) is 0. The molecule has 2 aromatic carbocycles.